The van der Waals surface area contributed by atoms with Crippen LogP contribution in [0.2, 0.25) is 0 Å². The molecule has 0 aliphatic heterocycles. The van der Waals surface area contributed by atoms with Gasteiger partial charge in [-0.15, -0.1) is 0 Å². The lowest BCUT2D eigenvalue weighted by atomic mass is 9.53. The van der Waals surface area contributed by atoms with Crippen molar-refractivity contribution in [1.82, 2.24) is 10.6 Å². The molecule has 4 aliphatic carbocycles. The summed E-state index contributed by atoms with van der Waals surface area (Å²) in [6.45, 7) is 1.76. The van der Waals surface area contributed by atoms with E-state index >= 15 is 0 Å². The molecular formula is C20H26BrN3O2. The van der Waals surface area contributed by atoms with Crippen molar-refractivity contribution in [3.8, 4) is 0 Å². The van der Waals surface area contributed by atoms with Crippen molar-refractivity contribution in [2.24, 2.45) is 17.8 Å². The third-order valence-electron chi connectivity index (χ3n) is 6.27. The summed E-state index contributed by atoms with van der Waals surface area (Å²) in [6.07, 6.45) is 7.22. The van der Waals surface area contributed by atoms with Gasteiger partial charge >= 0.3 is 6.03 Å². The van der Waals surface area contributed by atoms with E-state index in [0.717, 1.165) is 47.2 Å². The molecule has 1 aromatic carbocycles. The van der Waals surface area contributed by atoms with E-state index in [4.69, 9.17) is 0 Å². The predicted octanol–water partition coefficient (Wildman–Crippen LogP) is 4.04. The first kappa shape index (κ1) is 17.8. The minimum Gasteiger partial charge on any atom is -0.374 e. The second kappa shape index (κ2) is 6.87. The Balaban J connectivity index is 1.31. The molecule has 0 aromatic heterocycles. The molecule has 0 radical (unpaired) electrons. The Hall–Kier alpha value is -1.56. The molecule has 6 heteroatoms. The number of hydrogen-bond acceptors (Lipinski definition) is 3. The number of imide groups is 1. The van der Waals surface area contributed by atoms with Gasteiger partial charge in [-0.05, 0) is 87.5 Å². The molecule has 0 saturated heterocycles. The summed E-state index contributed by atoms with van der Waals surface area (Å²) >= 11 is 3.39. The molecule has 3 amide bonds. The molecule has 5 rings (SSSR count). The van der Waals surface area contributed by atoms with Gasteiger partial charge in [-0.2, -0.15) is 0 Å². The van der Waals surface area contributed by atoms with E-state index in [9.17, 15) is 9.59 Å². The molecule has 1 atom stereocenters. The minimum atomic E-state index is -0.488. The van der Waals surface area contributed by atoms with Gasteiger partial charge in [-0.3, -0.25) is 10.1 Å². The van der Waals surface area contributed by atoms with Crippen LogP contribution in [0.15, 0.2) is 28.7 Å². The molecule has 4 saturated carbocycles. The van der Waals surface area contributed by atoms with Crippen LogP contribution in [0.4, 0.5) is 10.5 Å². The number of carbonyl (C=O) groups is 2. The van der Waals surface area contributed by atoms with Gasteiger partial charge in [-0.25, -0.2) is 4.79 Å². The molecule has 0 heterocycles. The third-order valence-corrected chi connectivity index (χ3v) is 6.80. The van der Waals surface area contributed by atoms with Crippen molar-refractivity contribution >= 4 is 33.6 Å². The highest BCUT2D eigenvalue weighted by Gasteiger charge is 2.51. The molecule has 26 heavy (non-hydrogen) atoms. The lowest BCUT2D eigenvalue weighted by Crippen LogP contribution is -2.62. The zero-order valence-corrected chi connectivity index (χ0v) is 16.6. The zero-order valence-electron chi connectivity index (χ0n) is 15.1. The normalized spacial score (nSPS) is 32.8. The first-order chi connectivity index (χ1) is 12.4. The minimum absolute atomic E-state index is 0.0819. The van der Waals surface area contributed by atoms with Crippen molar-refractivity contribution in [3.05, 3.63) is 28.7 Å². The Morgan fingerprint density at radius 1 is 1.04 bits per heavy atom. The largest absolute Gasteiger partial charge is 0.374 e. The number of halogens is 1. The fraction of sp³-hybridized carbons (Fsp3) is 0.600. The molecule has 5 nitrogen and oxygen atoms in total. The third kappa shape index (κ3) is 3.75. The average Bonchev–Trinajstić information content (AvgIpc) is 2.55. The summed E-state index contributed by atoms with van der Waals surface area (Å²) in [4.78, 5) is 24.8. The average molecular weight is 420 g/mol. The molecular weight excluding hydrogens is 394 g/mol. The van der Waals surface area contributed by atoms with Gasteiger partial charge in [0.15, 0.2) is 0 Å². The highest BCUT2D eigenvalue weighted by molar-refractivity contribution is 9.10. The second-order valence-corrected chi connectivity index (χ2v) is 9.43. The zero-order chi connectivity index (χ0) is 18.3. The first-order valence-corrected chi connectivity index (χ1v) is 10.4. The van der Waals surface area contributed by atoms with E-state index in [-0.39, 0.29) is 17.5 Å². The van der Waals surface area contributed by atoms with Crippen LogP contribution in [0.3, 0.4) is 0 Å². The van der Waals surface area contributed by atoms with Gasteiger partial charge < -0.3 is 10.6 Å². The van der Waals surface area contributed by atoms with Crippen LogP contribution in [0.25, 0.3) is 0 Å². The van der Waals surface area contributed by atoms with Crippen molar-refractivity contribution in [3.63, 3.8) is 0 Å². The molecule has 3 N–H and O–H groups in total. The van der Waals surface area contributed by atoms with Gasteiger partial charge in [0.2, 0.25) is 5.91 Å². The van der Waals surface area contributed by atoms with Crippen LogP contribution in [0.5, 0.6) is 0 Å². The van der Waals surface area contributed by atoms with Gasteiger partial charge in [0.1, 0.15) is 6.04 Å². The van der Waals surface area contributed by atoms with E-state index < -0.39 is 6.04 Å². The monoisotopic (exact) mass is 419 g/mol. The standard InChI is InChI=1S/C20H26BrN3O2/c1-12(22-17-4-2-16(21)3-5-17)18(25)23-19(26)24-20-9-13-6-14(10-20)8-15(7-13)11-20/h2-5,12-15,22H,6-11H2,1H3,(H2,23,24,25,26)/t12-,13?,14?,15?,20?/m0/s1. The van der Waals surface area contributed by atoms with E-state index in [1.807, 2.05) is 24.3 Å². The Labute approximate surface area is 162 Å². The number of rotatable bonds is 4. The van der Waals surface area contributed by atoms with Crippen LogP contribution in [0.1, 0.15) is 45.4 Å². The van der Waals surface area contributed by atoms with Gasteiger partial charge in [0.25, 0.3) is 0 Å². The SMILES string of the molecule is C[C@H](Nc1ccc(Br)cc1)C(=O)NC(=O)NC12CC3CC(CC(C3)C1)C2. The summed E-state index contributed by atoms with van der Waals surface area (Å²) in [6, 6.07) is 6.77. The lowest BCUT2D eigenvalue weighted by Gasteiger charge is -2.56. The second-order valence-electron chi connectivity index (χ2n) is 8.51. The number of benzene rings is 1. The maximum Gasteiger partial charge on any atom is 0.321 e. The highest BCUT2D eigenvalue weighted by Crippen LogP contribution is 2.55. The van der Waals surface area contributed by atoms with Crippen LogP contribution in [0, 0.1) is 17.8 Å². The number of hydrogen-bond donors (Lipinski definition) is 3. The van der Waals surface area contributed by atoms with Gasteiger partial charge in [0, 0.05) is 15.7 Å². The quantitative estimate of drug-likeness (QED) is 0.689. The number of urea groups is 1. The van der Waals surface area contributed by atoms with Crippen LogP contribution in [-0.4, -0.2) is 23.5 Å². The number of amides is 3. The summed E-state index contributed by atoms with van der Waals surface area (Å²) in [5.74, 6) is 1.97. The molecule has 0 unspecified atom stereocenters. The lowest BCUT2D eigenvalue weighted by molar-refractivity contribution is -0.120. The number of anilines is 1. The highest BCUT2D eigenvalue weighted by atomic mass is 79.9. The maximum absolute atomic E-state index is 12.5. The van der Waals surface area contributed by atoms with Gasteiger partial charge in [-0.1, -0.05) is 15.9 Å². The van der Waals surface area contributed by atoms with E-state index in [0.29, 0.717) is 0 Å². The first-order valence-electron chi connectivity index (χ1n) is 9.56. The van der Waals surface area contributed by atoms with Crippen molar-refractivity contribution in [1.29, 1.82) is 0 Å². The Morgan fingerprint density at radius 3 is 2.12 bits per heavy atom. The fourth-order valence-corrected chi connectivity index (χ4v) is 5.88. The fourth-order valence-electron chi connectivity index (χ4n) is 5.62. The molecule has 4 aliphatic rings. The smallest absolute Gasteiger partial charge is 0.321 e. The van der Waals surface area contributed by atoms with Crippen molar-refractivity contribution in [2.45, 2.75) is 57.0 Å². The van der Waals surface area contributed by atoms with Crippen LogP contribution >= 0.6 is 15.9 Å². The number of carbonyl (C=O) groups excluding carboxylic acids is 2. The van der Waals surface area contributed by atoms with Crippen molar-refractivity contribution in [2.75, 3.05) is 5.32 Å². The molecule has 0 spiro atoms. The summed E-state index contributed by atoms with van der Waals surface area (Å²) in [7, 11) is 0. The topological polar surface area (TPSA) is 70.2 Å². The summed E-state index contributed by atoms with van der Waals surface area (Å²) < 4.78 is 0.982. The molecule has 140 valence electrons. The molecule has 1 aromatic rings. The Bertz CT molecular complexity index is 668. The molecule has 4 bridgehead atoms. The summed E-state index contributed by atoms with van der Waals surface area (Å²) in [5, 5.41) is 8.82. The van der Waals surface area contributed by atoms with Gasteiger partial charge in [0.05, 0.1) is 0 Å². The van der Waals surface area contributed by atoms with Crippen LogP contribution < -0.4 is 16.0 Å². The molecule has 4 fully saturated rings. The van der Waals surface area contributed by atoms with Crippen molar-refractivity contribution < 1.29 is 9.59 Å². The maximum atomic E-state index is 12.5. The number of nitrogens with one attached hydrogen (secondary N) is 3. The predicted molar refractivity (Wildman–Crippen MR) is 105 cm³/mol. The van der Waals surface area contributed by atoms with E-state index in [1.54, 1.807) is 6.92 Å². The Kier molecular flexibility index (Phi) is 4.71. The van der Waals surface area contributed by atoms with Crippen LogP contribution in [-0.2, 0) is 4.79 Å². The Morgan fingerprint density at radius 2 is 1.58 bits per heavy atom. The van der Waals surface area contributed by atoms with E-state index in [2.05, 4.69) is 31.9 Å². The summed E-state index contributed by atoms with van der Waals surface area (Å²) in [5.41, 5.74) is 0.763. The van der Waals surface area contributed by atoms with E-state index in [1.165, 1.54) is 19.3 Å².